The Bertz CT molecular complexity index is 376. The molecule has 0 N–H and O–H groups in total. The van der Waals surface area contributed by atoms with E-state index in [9.17, 15) is 4.21 Å². The fourth-order valence-electron chi connectivity index (χ4n) is 1.51. The summed E-state index contributed by atoms with van der Waals surface area (Å²) in [7, 11) is 0. The van der Waals surface area contributed by atoms with Gasteiger partial charge in [0.05, 0.1) is 13.2 Å². The van der Waals surface area contributed by atoms with Crippen LogP contribution in [0.15, 0.2) is 24.3 Å². The standard InChI is InChI=1S/C10H12ClNO3S/c11-9-2-1-3-10(8-9)12-4-6-14-16(13)15-7-5-12/h1-3,8H,4-7H2. The van der Waals surface area contributed by atoms with Gasteiger partial charge in [-0.2, -0.15) is 4.21 Å². The molecule has 1 aliphatic heterocycles. The summed E-state index contributed by atoms with van der Waals surface area (Å²) < 4.78 is 20.8. The average molecular weight is 262 g/mol. The minimum Gasteiger partial charge on any atom is -0.367 e. The normalized spacial score (nSPS) is 19.2. The van der Waals surface area contributed by atoms with Gasteiger partial charge in [0.1, 0.15) is 0 Å². The van der Waals surface area contributed by atoms with Gasteiger partial charge in [0, 0.05) is 23.8 Å². The number of halogens is 1. The summed E-state index contributed by atoms with van der Waals surface area (Å²) in [6.07, 6.45) is 0. The molecule has 1 fully saturated rings. The molecule has 0 saturated carbocycles. The first-order valence-electron chi connectivity index (χ1n) is 4.94. The zero-order chi connectivity index (χ0) is 11.4. The number of hydrogen-bond donors (Lipinski definition) is 0. The Hall–Kier alpha value is -0.620. The maximum atomic E-state index is 11.0. The van der Waals surface area contributed by atoms with E-state index in [4.69, 9.17) is 20.0 Å². The number of rotatable bonds is 1. The van der Waals surface area contributed by atoms with Crippen molar-refractivity contribution >= 4 is 28.6 Å². The Labute approximate surface area is 102 Å². The predicted molar refractivity (Wildman–Crippen MR) is 63.7 cm³/mol. The molecule has 2 rings (SSSR count). The second-order valence-electron chi connectivity index (χ2n) is 3.31. The molecule has 0 aliphatic carbocycles. The van der Waals surface area contributed by atoms with Gasteiger partial charge in [0.25, 0.3) is 0 Å². The molecule has 1 aromatic rings. The molecule has 1 aromatic carbocycles. The lowest BCUT2D eigenvalue weighted by Crippen LogP contribution is -2.33. The molecule has 0 amide bonds. The minimum atomic E-state index is -1.60. The van der Waals surface area contributed by atoms with E-state index in [1.807, 2.05) is 24.3 Å². The second kappa shape index (κ2) is 5.63. The van der Waals surface area contributed by atoms with Crippen LogP contribution < -0.4 is 4.90 Å². The van der Waals surface area contributed by atoms with E-state index >= 15 is 0 Å². The van der Waals surface area contributed by atoms with Gasteiger partial charge >= 0.3 is 11.4 Å². The second-order valence-corrected chi connectivity index (χ2v) is 4.63. The third-order valence-electron chi connectivity index (χ3n) is 2.25. The van der Waals surface area contributed by atoms with E-state index in [1.54, 1.807) is 0 Å². The van der Waals surface area contributed by atoms with Crippen molar-refractivity contribution < 1.29 is 12.6 Å². The molecular weight excluding hydrogens is 250 g/mol. The summed E-state index contributed by atoms with van der Waals surface area (Å²) in [6, 6.07) is 7.60. The molecule has 1 heterocycles. The van der Waals surface area contributed by atoms with E-state index in [1.165, 1.54) is 0 Å². The third-order valence-corrected chi connectivity index (χ3v) is 3.21. The Morgan fingerprint density at radius 3 is 2.56 bits per heavy atom. The summed E-state index contributed by atoms with van der Waals surface area (Å²) in [6.45, 7) is 2.10. The monoisotopic (exact) mass is 261 g/mol. The van der Waals surface area contributed by atoms with Gasteiger partial charge in [0.15, 0.2) is 0 Å². The molecule has 0 spiro atoms. The molecule has 1 saturated heterocycles. The van der Waals surface area contributed by atoms with Crippen LogP contribution in [0.1, 0.15) is 0 Å². The van der Waals surface area contributed by atoms with Gasteiger partial charge in [-0.15, -0.1) is 0 Å². The molecule has 4 nitrogen and oxygen atoms in total. The van der Waals surface area contributed by atoms with Gasteiger partial charge in [-0.3, -0.25) is 8.37 Å². The van der Waals surface area contributed by atoms with Crippen LogP contribution in [0.5, 0.6) is 0 Å². The van der Waals surface area contributed by atoms with Crippen molar-refractivity contribution in [1.29, 1.82) is 0 Å². The lowest BCUT2D eigenvalue weighted by Gasteiger charge is -2.26. The van der Waals surface area contributed by atoms with Gasteiger partial charge < -0.3 is 4.90 Å². The maximum absolute atomic E-state index is 11.0. The first-order chi connectivity index (χ1) is 7.75. The van der Waals surface area contributed by atoms with E-state index in [0.717, 1.165) is 5.69 Å². The smallest absolute Gasteiger partial charge is 0.304 e. The van der Waals surface area contributed by atoms with Gasteiger partial charge in [0.2, 0.25) is 0 Å². The highest BCUT2D eigenvalue weighted by Gasteiger charge is 2.12. The molecule has 0 radical (unpaired) electrons. The van der Waals surface area contributed by atoms with Crippen LogP contribution in [-0.2, 0) is 19.7 Å². The Balaban J connectivity index is 2.06. The average Bonchev–Trinajstić information content (AvgIpc) is 2.23. The topological polar surface area (TPSA) is 38.8 Å². The highest BCUT2D eigenvalue weighted by molar-refractivity contribution is 7.75. The number of nitrogens with zero attached hydrogens (tertiary/aromatic N) is 1. The van der Waals surface area contributed by atoms with Crippen molar-refractivity contribution in [3.8, 4) is 0 Å². The van der Waals surface area contributed by atoms with Gasteiger partial charge in [-0.1, -0.05) is 17.7 Å². The summed E-state index contributed by atoms with van der Waals surface area (Å²) in [5, 5.41) is 0.699. The third kappa shape index (κ3) is 3.18. The molecule has 88 valence electrons. The van der Waals surface area contributed by atoms with Crippen LogP contribution in [0.25, 0.3) is 0 Å². The van der Waals surface area contributed by atoms with Crippen LogP contribution in [0.2, 0.25) is 5.02 Å². The van der Waals surface area contributed by atoms with Crippen LogP contribution in [-0.4, -0.2) is 30.5 Å². The van der Waals surface area contributed by atoms with Gasteiger partial charge in [-0.05, 0) is 18.2 Å². The molecule has 0 atom stereocenters. The number of benzene rings is 1. The highest BCUT2D eigenvalue weighted by atomic mass is 35.5. The molecule has 16 heavy (non-hydrogen) atoms. The Morgan fingerprint density at radius 1 is 1.25 bits per heavy atom. The molecule has 6 heteroatoms. The summed E-state index contributed by atoms with van der Waals surface area (Å²) in [5.41, 5.74) is 1.02. The molecular formula is C10H12ClNO3S. The first-order valence-corrected chi connectivity index (χ1v) is 6.32. The zero-order valence-corrected chi connectivity index (χ0v) is 10.2. The van der Waals surface area contributed by atoms with E-state index in [-0.39, 0.29) is 0 Å². The number of anilines is 1. The van der Waals surface area contributed by atoms with Crippen LogP contribution in [0, 0.1) is 0 Å². The fraction of sp³-hybridized carbons (Fsp3) is 0.400. The van der Waals surface area contributed by atoms with Crippen molar-refractivity contribution in [3.05, 3.63) is 29.3 Å². The molecule has 0 bridgehead atoms. The molecule has 0 unspecified atom stereocenters. The van der Waals surface area contributed by atoms with Crippen LogP contribution in [0.4, 0.5) is 5.69 Å². The quantitative estimate of drug-likeness (QED) is 0.772. The SMILES string of the molecule is O=S1OCCN(c2cccc(Cl)c2)CCO1. The van der Waals surface area contributed by atoms with E-state index < -0.39 is 11.4 Å². The maximum Gasteiger partial charge on any atom is 0.304 e. The summed E-state index contributed by atoms with van der Waals surface area (Å²) in [5.74, 6) is 0. The Morgan fingerprint density at radius 2 is 1.94 bits per heavy atom. The first kappa shape index (κ1) is 11.9. The molecule has 0 aromatic heterocycles. The fourth-order valence-corrected chi connectivity index (χ4v) is 2.18. The van der Waals surface area contributed by atoms with Gasteiger partial charge in [-0.25, -0.2) is 0 Å². The Kier molecular flexibility index (Phi) is 4.17. The lowest BCUT2D eigenvalue weighted by atomic mass is 10.3. The van der Waals surface area contributed by atoms with E-state index in [0.29, 0.717) is 31.3 Å². The van der Waals surface area contributed by atoms with Crippen molar-refractivity contribution in [2.45, 2.75) is 0 Å². The van der Waals surface area contributed by atoms with E-state index in [2.05, 4.69) is 4.90 Å². The number of hydrogen-bond acceptors (Lipinski definition) is 4. The van der Waals surface area contributed by atoms with Crippen molar-refractivity contribution in [3.63, 3.8) is 0 Å². The molecule has 1 aliphatic rings. The zero-order valence-electron chi connectivity index (χ0n) is 8.60. The minimum absolute atomic E-state index is 0.374. The predicted octanol–water partition coefficient (Wildman–Crippen LogP) is 1.77. The van der Waals surface area contributed by atoms with Crippen molar-refractivity contribution in [2.24, 2.45) is 0 Å². The highest BCUT2D eigenvalue weighted by Crippen LogP contribution is 2.19. The van der Waals surface area contributed by atoms with Crippen LogP contribution in [0.3, 0.4) is 0 Å². The largest absolute Gasteiger partial charge is 0.367 e. The van der Waals surface area contributed by atoms with Crippen LogP contribution >= 0.6 is 11.6 Å². The lowest BCUT2D eigenvalue weighted by molar-refractivity contribution is 0.239. The van der Waals surface area contributed by atoms with Crippen molar-refractivity contribution in [1.82, 2.24) is 0 Å². The van der Waals surface area contributed by atoms with Crippen molar-refractivity contribution in [2.75, 3.05) is 31.2 Å². The summed E-state index contributed by atoms with van der Waals surface area (Å²) >= 11 is 4.33. The summed E-state index contributed by atoms with van der Waals surface area (Å²) in [4.78, 5) is 2.09.